The van der Waals surface area contributed by atoms with Crippen molar-refractivity contribution < 1.29 is 15.0 Å². The average Bonchev–Trinajstić information content (AvgIpc) is 3.31. The van der Waals surface area contributed by atoms with Crippen molar-refractivity contribution in [1.29, 1.82) is 0 Å². The second-order valence-electron chi connectivity index (χ2n) is 5.76. The van der Waals surface area contributed by atoms with Crippen LogP contribution in [0.5, 0.6) is 11.6 Å². The molecule has 3 rings (SSSR count). The molecule has 1 aliphatic rings. The second kappa shape index (κ2) is 5.98. The van der Waals surface area contributed by atoms with Crippen molar-refractivity contribution in [2.75, 3.05) is 7.05 Å². The Labute approximate surface area is 143 Å². The molecule has 1 aromatic carbocycles. The number of hydrogen-bond donors (Lipinski definition) is 2. The van der Waals surface area contributed by atoms with Crippen LogP contribution in [0.15, 0.2) is 24.4 Å². The zero-order valence-electron chi connectivity index (χ0n) is 12.5. The third kappa shape index (κ3) is 3.12. The van der Waals surface area contributed by atoms with E-state index >= 15 is 0 Å². The van der Waals surface area contributed by atoms with Crippen LogP contribution < -0.4 is 0 Å². The number of rotatable bonds is 4. The number of carbonyl (C=O) groups is 1. The van der Waals surface area contributed by atoms with Gasteiger partial charge in [-0.15, -0.1) is 0 Å². The van der Waals surface area contributed by atoms with Gasteiger partial charge >= 0.3 is 0 Å². The third-order valence-electron chi connectivity index (χ3n) is 3.90. The first-order valence-electron chi connectivity index (χ1n) is 7.20. The Morgan fingerprint density at radius 1 is 1.30 bits per heavy atom. The van der Waals surface area contributed by atoms with Gasteiger partial charge in [0.05, 0.1) is 10.0 Å². The van der Waals surface area contributed by atoms with Gasteiger partial charge in [0.2, 0.25) is 5.88 Å². The smallest absolute Gasteiger partial charge is 0.259 e. The lowest BCUT2D eigenvalue weighted by molar-refractivity contribution is 0.0782. The van der Waals surface area contributed by atoms with Crippen LogP contribution in [-0.2, 0) is 6.54 Å². The van der Waals surface area contributed by atoms with Gasteiger partial charge in [0.15, 0.2) is 5.75 Å². The van der Waals surface area contributed by atoms with E-state index in [1.54, 1.807) is 29.8 Å². The summed E-state index contributed by atoms with van der Waals surface area (Å²) < 4.78 is 1.55. The van der Waals surface area contributed by atoms with Gasteiger partial charge in [-0.05, 0) is 30.5 Å². The fourth-order valence-corrected chi connectivity index (χ4v) is 2.80. The maximum absolute atomic E-state index is 12.5. The average molecular weight is 355 g/mol. The molecule has 122 valence electrons. The van der Waals surface area contributed by atoms with E-state index in [1.165, 1.54) is 11.1 Å². The van der Waals surface area contributed by atoms with Crippen molar-refractivity contribution in [2.24, 2.45) is 0 Å². The van der Waals surface area contributed by atoms with Gasteiger partial charge in [-0.3, -0.25) is 4.79 Å². The van der Waals surface area contributed by atoms with E-state index in [4.69, 9.17) is 23.2 Å². The summed E-state index contributed by atoms with van der Waals surface area (Å²) in [6.07, 6.45) is 3.39. The Bertz CT molecular complexity index is 769. The molecule has 1 saturated carbocycles. The van der Waals surface area contributed by atoms with Crippen LogP contribution in [0.1, 0.15) is 34.8 Å². The summed E-state index contributed by atoms with van der Waals surface area (Å²) in [6, 6.07) is 5.32. The van der Waals surface area contributed by atoms with E-state index in [2.05, 4.69) is 0 Å². The van der Waals surface area contributed by atoms with Crippen molar-refractivity contribution >= 4 is 29.1 Å². The van der Waals surface area contributed by atoms with Crippen LogP contribution >= 0.6 is 23.2 Å². The molecule has 0 bridgehead atoms. The van der Waals surface area contributed by atoms with Gasteiger partial charge in [0.25, 0.3) is 5.91 Å². The van der Waals surface area contributed by atoms with E-state index < -0.39 is 0 Å². The first-order chi connectivity index (χ1) is 10.9. The minimum absolute atomic E-state index is 0.0944. The van der Waals surface area contributed by atoms with Crippen LogP contribution in [0.4, 0.5) is 0 Å². The molecule has 5 nitrogen and oxygen atoms in total. The molecule has 7 heteroatoms. The van der Waals surface area contributed by atoms with E-state index in [0.29, 0.717) is 16.6 Å². The lowest BCUT2D eigenvalue weighted by atomic mass is 10.2. The zero-order chi connectivity index (χ0) is 16.7. The molecule has 1 fully saturated rings. The van der Waals surface area contributed by atoms with Crippen LogP contribution in [0.25, 0.3) is 0 Å². The number of amides is 1. The largest absolute Gasteiger partial charge is 0.503 e. The van der Waals surface area contributed by atoms with Gasteiger partial charge in [-0.2, -0.15) is 0 Å². The zero-order valence-corrected chi connectivity index (χ0v) is 14.0. The van der Waals surface area contributed by atoms with Gasteiger partial charge in [-0.25, -0.2) is 0 Å². The van der Waals surface area contributed by atoms with E-state index in [9.17, 15) is 15.0 Å². The summed E-state index contributed by atoms with van der Waals surface area (Å²) in [5.74, 6) is -0.995. The fraction of sp³-hybridized carbons (Fsp3) is 0.312. The molecule has 2 N–H and O–H groups in total. The van der Waals surface area contributed by atoms with Crippen molar-refractivity contribution in [3.63, 3.8) is 0 Å². The number of nitrogens with zero attached hydrogens (tertiary/aromatic N) is 2. The Hall–Kier alpha value is -1.85. The summed E-state index contributed by atoms with van der Waals surface area (Å²) in [5, 5.41) is 20.8. The molecule has 23 heavy (non-hydrogen) atoms. The van der Waals surface area contributed by atoms with E-state index in [1.807, 2.05) is 0 Å². The summed E-state index contributed by atoms with van der Waals surface area (Å²) in [7, 11) is 1.62. The molecule has 1 heterocycles. The van der Waals surface area contributed by atoms with Crippen LogP contribution in [-0.4, -0.2) is 32.6 Å². The molecule has 1 amide bonds. The van der Waals surface area contributed by atoms with Crippen LogP contribution in [0.3, 0.4) is 0 Å². The number of halogens is 2. The molecule has 1 aliphatic carbocycles. The lowest BCUT2D eigenvalue weighted by Gasteiger charge is -2.17. The van der Waals surface area contributed by atoms with Crippen LogP contribution in [0, 0.1) is 0 Å². The highest BCUT2D eigenvalue weighted by Crippen LogP contribution is 2.43. The number of aromatic hydroxyl groups is 2. The van der Waals surface area contributed by atoms with Gasteiger partial charge in [0.1, 0.15) is 5.56 Å². The van der Waals surface area contributed by atoms with Crippen molar-refractivity contribution in [3.05, 3.63) is 45.6 Å². The minimum atomic E-state index is -0.372. The number of carbonyl (C=O) groups excluding carboxylic acids is 1. The highest BCUT2D eigenvalue weighted by molar-refractivity contribution is 6.42. The molecule has 0 aliphatic heterocycles. The minimum Gasteiger partial charge on any atom is -0.503 e. The third-order valence-corrected chi connectivity index (χ3v) is 4.64. The molecule has 0 unspecified atom stereocenters. The lowest BCUT2D eigenvalue weighted by Crippen LogP contribution is -2.26. The first-order valence-corrected chi connectivity index (χ1v) is 7.96. The highest BCUT2D eigenvalue weighted by atomic mass is 35.5. The summed E-state index contributed by atoms with van der Waals surface area (Å²) in [5.41, 5.74) is 0.914. The number of aromatic nitrogens is 1. The maximum Gasteiger partial charge on any atom is 0.259 e. The Balaban J connectivity index is 1.79. The standard InChI is InChI=1S/C16H16Cl2N2O3/c1-19(7-9-2-5-12(17)13(18)6-9)15(22)11-8-20(10-3-4-10)16(23)14(11)21/h2,5-6,8,10,21,23H,3-4,7H2,1H3. The van der Waals surface area contributed by atoms with Crippen molar-refractivity contribution in [1.82, 2.24) is 9.47 Å². The Morgan fingerprint density at radius 2 is 2.00 bits per heavy atom. The molecule has 1 aromatic heterocycles. The van der Waals surface area contributed by atoms with Gasteiger partial charge < -0.3 is 19.7 Å². The predicted octanol–water partition coefficient (Wildman–Crippen LogP) is 3.81. The molecule has 0 radical (unpaired) electrons. The molecule has 2 aromatic rings. The molecule has 0 saturated heterocycles. The summed E-state index contributed by atoms with van der Waals surface area (Å²) in [6.45, 7) is 0.310. The Kier molecular flexibility index (Phi) is 4.17. The molecular weight excluding hydrogens is 339 g/mol. The normalized spacial score (nSPS) is 14.0. The molecule has 0 spiro atoms. The fourth-order valence-electron chi connectivity index (χ4n) is 2.48. The summed E-state index contributed by atoms with van der Waals surface area (Å²) >= 11 is 11.8. The molecular formula is C16H16Cl2N2O3. The van der Waals surface area contributed by atoms with E-state index in [-0.39, 0.29) is 29.1 Å². The SMILES string of the molecule is CN(Cc1ccc(Cl)c(Cl)c1)C(=O)c1cn(C2CC2)c(O)c1O. The first kappa shape index (κ1) is 16.0. The quantitative estimate of drug-likeness (QED) is 0.877. The van der Waals surface area contributed by atoms with Crippen molar-refractivity contribution in [3.8, 4) is 11.6 Å². The van der Waals surface area contributed by atoms with Crippen molar-refractivity contribution in [2.45, 2.75) is 25.4 Å². The van der Waals surface area contributed by atoms with Gasteiger partial charge in [-0.1, -0.05) is 29.3 Å². The van der Waals surface area contributed by atoms with Gasteiger partial charge in [0, 0.05) is 25.8 Å². The second-order valence-corrected chi connectivity index (χ2v) is 6.58. The van der Waals surface area contributed by atoms with Crippen LogP contribution in [0.2, 0.25) is 10.0 Å². The number of hydrogen-bond acceptors (Lipinski definition) is 3. The number of benzene rings is 1. The topological polar surface area (TPSA) is 65.7 Å². The monoisotopic (exact) mass is 354 g/mol. The summed E-state index contributed by atoms with van der Waals surface area (Å²) in [4.78, 5) is 14.0. The van der Waals surface area contributed by atoms with E-state index in [0.717, 1.165) is 18.4 Å². The molecule has 0 atom stereocenters. The highest BCUT2D eigenvalue weighted by Gasteiger charge is 2.31. The maximum atomic E-state index is 12.5. The Morgan fingerprint density at radius 3 is 2.61 bits per heavy atom. The predicted molar refractivity (Wildman–Crippen MR) is 88.3 cm³/mol.